The van der Waals surface area contributed by atoms with E-state index in [1.165, 1.54) is 13.2 Å². The number of methoxy groups -OCH3 is 1. The number of hydrogen-bond acceptors (Lipinski definition) is 7. The van der Waals surface area contributed by atoms with Crippen molar-refractivity contribution in [3.63, 3.8) is 0 Å². The molecule has 2 aromatic rings. The number of carbonyl (C=O) groups is 2. The lowest BCUT2D eigenvalue weighted by atomic mass is 10.1. The van der Waals surface area contributed by atoms with E-state index in [4.69, 9.17) is 9.47 Å². The van der Waals surface area contributed by atoms with Gasteiger partial charge in [0.2, 0.25) is 0 Å². The first-order valence-corrected chi connectivity index (χ1v) is 9.50. The predicted molar refractivity (Wildman–Crippen MR) is 110 cm³/mol. The summed E-state index contributed by atoms with van der Waals surface area (Å²) < 4.78 is 15.9. The Morgan fingerprint density at radius 2 is 1.67 bits per heavy atom. The molecule has 30 heavy (non-hydrogen) atoms. The van der Waals surface area contributed by atoms with Crippen molar-refractivity contribution in [1.29, 1.82) is 0 Å². The maximum absolute atomic E-state index is 12.4. The largest absolute Gasteiger partial charge is 0.466 e. The van der Waals surface area contributed by atoms with Crippen molar-refractivity contribution in [1.82, 2.24) is 0 Å². The van der Waals surface area contributed by atoms with Gasteiger partial charge < -0.3 is 24.4 Å². The van der Waals surface area contributed by atoms with E-state index in [1.54, 1.807) is 30.3 Å². The Morgan fingerprint density at radius 3 is 2.27 bits per heavy atom. The van der Waals surface area contributed by atoms with Crippen molar-refractivity contribution in [2.45, 2.75) is 31.3 Å². The zero-order chi connectivity index (χ0) is 21.8. The Morgan fingerprint density at radius 1 is 1.03 bits per heavy atom. The Kier molecular flexibility index (Phi) is 9.73. The quantitative estimate of drug-likeness (QED) is 0.430. The van der Waals surface area contributed by atoms with Gasteiger partial charge in [-0.15, -0.1) is 0 Å². The topological polar surface area (TPSA) is 102 Å². The summed E-state index contributed by atoms with van der Waals surface area (Å²) in [5.41, 5.74) is 1.23. The molecular formula is C23H26O7. The van der Waals surface area contributed by atoms with Crippen LogP contribution in [0.3, 0.4) is 0 Å². The molecule has 160 valence electrons. The molecule has 0 bridgehead atoms. The van der Waals surface area contributed by atoms with Gasteiger partial charge in [-0.2, -0.15) is 0 Å². The van der Waals surface area contributed by atoms with Crippen molar-refractivity contribution in [3.8, 4) is 0 Å². The van der Waals surface area contributed by atoms with Crippen LogP contribution in [0.2, 0.25) is 0 Å². The number of esters is 2. The molecule has 0 aliphatic carbocycles. The maximum atomic E-state index is 12.4. The summed E-state index contributed by atoms with van der Waals surface area (Å²) in [6.07, 6.45) is -0.387. The first-order valence-electron chi connectivity index (χ1n) is 9.50. The van der Waals surface area contributed by atoms with Crippen molar-refractivity contribution >= 4 is 11.9 Å². The number of rotatable bonds is 11. The van der Waals surface area contributed by atoms with Gasteiger partial charge in [0.15, 0.2) is 0 Å². The summed E-state index contributed by atoms with van der Waals surface area (Å²) in [5.74, 6) is -1.20. The Balaban J connectivity index is 2.13. The van der Waals surface area contributed by atoms with Crippen LogP contribution in [-0.2, 0) is 25.6 Å². The van der Waals surface area contributed by atoms with Crippen LogP contribution < -0.4 is 0 Å². The van der Waals surface area contributed by atoms with Crippen LogP contribution in [0.25, 0.3) is 0 Å². The van der Waals surface area contributed by atoms with E-state index >= 15 is 0 Å². The van der Waals surface area contributed by atoms with Gasteiger partial charge in [0.25, 0.3) is 0 Å². The highest BCUT2D eigenvalue weighted by molar-refractivity contribution is 5.89. The predicted octanol–water partition coefficient (Wildman–Crippen LogP) is 2.27. The van der Waals surface area contributed by atoms with E-state index in [-0.39, 0.29) is 13.0 Å². The summed E-state index contributed by atoms with van der Waals surface area (Å²) in [5, 5.41) is 19.6. The molecule has 2 N–H and O–H groups in total. The van der Waals surface area contributed by atoms with Gasteiger partial charge >= 0.3 is 11.9 Å². The van der Waals surface area contributed by atoms with E-state index < -0.39 is 36.9 Å². The minimum Gasteiger partial charge on any atom is -0.466 e. The molecule has 7 heteroatoms. The summed E-state index contributed by atoms with van der Waals surface area (Å²) in [6, 6.07) is 17.7. The molecule has 7 nitrogen and oxygen atoms in total. The third-order valence-electron chi connectivity index (χ3n) is 4.30. The van der Waals surface area contributed by atoms with Crippen LogP contribution in [0.15, 0.2) is 72.8 Å². The molecule has 0 radical (unpaired) electrons. The average molecular weight is 414 g/mol. The summed E-state index contributed by atoms with van der Waals surface area (Å²) >= 11 is 0. The van der Waals surface area contributed by atoms with Crippen LogP contribution in [0.1, 0.15) is 22.3 Å². The van der Waals surface area contributed by atoms with Crippen LogP contribution >= 0.6 is 0 Å². The van der Waals surface area contributed by atoms with Crippen molar-refractivity contribution in [2.75, 3.05) is 13.7 Å². The molecular weight excluding hydrogens is 388 g/mol. The Bertz CT molecular complexity index is 805. The van der Waals surface area contributed by atoms with Crippen LogP contribution in [-0.4, -0.2) is 54.2 Å². The molecule has 0 saturated heterocycles. The van der Waals surface area contributed by atoms with Gasteiger partial charge in [0, 0.05) is 12.5 Å². The standard InChI is InChI=1S/C23H26O7/c1-28-22(26)13-12-19(30-23(27)18-10-6-3-7-11-18)14-21(20(25)15-24)29-16-17-8-4-2-5-9-17/h2-13,19-21,24-25H,14-16H2,1H3/b13-12+/t19-,20-,21+/m0/s1. The molecule has 0 aliphatic rings. The monoisotopic (exact) mass is 414 g/mol. The molecule has 0 heterocycles. The first kappa shape index (κ1) is 23.3. The number of aliphatic hydroxyl groups excluding tert-OH is 2. The zero-order valence-corrected chi connectivity index (χ0v) is 16.7. The molecule has 3 atom stereocenters. The molecule has 0 fully saturated rings. The molecule has 0 aliphatic heterocycles. The minimum atomic E-state index is -1.20. The van der Waals surface area contributed by atoms with Gasteiger partial charge in [0.1, 0.15) is 12.2 Å². The second kappa shape index (κ2) is 12.5. The fourth-order valence-corrected chi connectivity index (χ4v) is 2.66. The smallest absolute Gasteiger partial charge is 0.338 e. The lowest BCUT2D eigenvalue weighted by Gasteiger charge is -2.25. The highest BCUT2D eigenvalue weighted by Crippen LogP contribution is 2.16. The minimum absolute atomic E-state index is 0.0284. The van der Waals surface area contributed by atoms with Crippen molar-refractivity contribution < 1.29 is 34.0 Å². The lowest BCUT2D eigenvalue weighted by Crippen LogP contribution is -2.36. The molecule has 2 rings (SSSR count). The third kappa shape index (κ3) is 7.79. The highest BCUT2D eigenvalue weighted by atomic mass is 16.5. The van der Waals surface area contributed by atoms with E-state index in [1.807, 2.05) is 30.3 Å². The van der Waals surface area contributed by atoms with Crippen LogP contribution in [0, 0.1) is 0 Å². The number of hydrogen-bond donors (Lipinski definition) is 2. The van der Waals surface area contributed by atoms with E-state index in [0.29, 0.717) is 5.56 Å². The summed E-state index contributed by atoms with van der Waals surface area (Å²) in [4.78, 5) is 23.9. The molecule has 0 amide bonds. The molecule has 0 aromatic heterocycles. The lowest BCUT2D eigenvalue weighted by molar-refractivity contribution is -0.134. The maximum Gasteiger partial charge on any atom is 0.338 e. The zero-order valence-electron chi connectivity index (χ0n) is 16.7. The van der Waals surface area contributed by atoms with Gasteiger partial charge in [-0.05, 0) is 23.8 Å². The van der Waals surface area contributed by atoms with Gasteiger partial charge in [-0.3, -0.25) is 0 Å². The second-order valence-corrected chi connectivity index (χ2v) is 6.51. The van der Waals surface area contributed by atoms with Crippen molar-refractivity contribution in [2.24, 2.45) is 0 Å². The Labute approximate surface area is 175 Å². The molecule has 0 spiro atoms. The molecule has 0 saturated carbocycles. The second-order valence-electron chi connectivity index (χ2n) is 6.51. The Hall–Kier alpha value is -3.00. The average Bonchev–Trinajstić information content (AvgIpc) is 2.80. The number of carbonyl (C=O) groups excluding carboxylic acids is 2. The van der Waals surface area contributed by atoms with Gasteiger partial charge in [-0.1, -0.05) is 48.5 Å². The normalized spacial score (nSPS) is 14.1. The van der Waals surface area contributed by atoms with Gasteiger partial charge in [-0.25, -0.2) is 9.59 Å². The van der Waals surface area contributed by atoms with Crippen LogP contribution in [0.5, 0.6) is 0 Å². The van der Waals surface area contributed by atoms with E-state index in [9.17, 15) is 19.8 Å². The SMILES string of the molecule is COC(=O)/C=C/[C@@H](C[C@@H](OCc1ccccc1)[C@@H](O)CO)OC(=O)c1ccccc1. The summed E-state index contributed by atoms with van der Waals surface area (Å²) in [6.45, 7) is -0.331. The molecule has 0 unspecified atom stereocenters. The number of ether oxygens (including phenoxy) is 3. The first-order chi connectivity index (χ1) is 14.5. The van der Waals surface area contributed by atoms with Crippen LogP contribution in [0.4, 0.5) is 0 Å². The number of benzene rings is 2. The molecule has 2 aromatic carbocycles. The van der Waals surface area contributed by atoms with E-state index in [2.05, 4.69) is 4.74 Å². The van der Waals surface area contributed by atoms with E-state index in [0.717, 1.165) is 11.6 Å². The fourth-order valence-electron chi connectivity index (χ4n) is 2.66. The summed E-state index contributed by atoms with van der Waals surface area (Å²) in [7, 11) is 1.24. The third-order valence-corrected chi connectivity index (χ3v) is 4.30. The fraction of sp³-hybridized carbons (Fsp3) is 0.304. The number of aliphatic hydroxyl groups is 2. The highest BCUT2D eigenvalue weighted by Gasteiger charge is 2.25. The van der Waals surface area contributed by atoms with Crippen molar-refractivity contribution in [3.05, 3.63) is 83.9 Å². The van der Waals surface area contributed by atoms with Gasteiger partial charge in [0.05, 0.1) is 32.0 Å².